The van der Waals surface area contributed by atoms with Crippen LogP contribution >= 0.6 is 0 Å². The molecule has 0 spiro atoms. The summed E-state index contributed by atoms with van der Waals surface area (Å²) in [6.07, 6.45) is 1.22. The molecule has 1 aromatic rings. The smallest absolute Gasteiger partial charge is 0.147 e. The standard InChI is InChI=1S/C10H19N5/c1-3-15-8(2)12-13-10(15)7-14-5-4-9(14)6-11/h9H,3-7,11H2,1-2H3. The minimum Gasteiger partial charge on any atom is -0.329 e. The van der Waals surface area contributed by atoms with Crippen molar-refractivity contribution in [2.75, 3.05) is 13.1 Å². The molecule has 5 heteroatoms. The molecule has 2 rings (SSSR count). The van der Waals surface area contributed by atoms with E-state index in [9.17, 15) is 0 Å². The van der Waals surface area contributed by atoms with E-state index in [1.807, 2.05) is 6.92 Å². The average Bonchev–Trinajstić information content (AvgIpc) is 2.54. The van der Waals surface area contributed by atoms with Crippen molar-refractivity contribution in [3.63, 3.8) is 0 Å². The number of hydrogen-bond donors (Lipinski definition) is 1. The van der Waals surface area contributed by atoms with Crippen molar-refractivity contribution in [2.24, 2.45) is 5.73 Å². The SMILES string of the molecule is CCn1c(C)nnc1CN1CCC1CN. The third-order valence-corrected chi connectivity index (χ3v) is 3.21. The molecule has 0 aromatic carbocycles. The van der Waals surface area contributed by atoms with Crippen molar-refractivity contribution in [3.05, 3.63) is 11.6 Å². The van der Waals surface area contributed by atoms with Crippen LogP contribution in [0.15, 0.2) is 0 Å². The molecule has 5 nitrogen and oxygen atoms in total. The Morgan fingerprint density at radius 2 is 2.27 bits per heavy atom. The van der Waals surface area contributed by atoms with Crippen LogP contribution in [0.3, 0.4) is 0 Å². The summed E-state index contributed by atoms with van der Waals surface area (Å²) in [5.41, 5.74) is 5.67. The van der Waals surface area contributed by atoms with Crippen LogP contribution in [0.1, 0.15) is 25.0 Å². The molecule has 84 valence electrons. The molecule has 0 aliphatic carbocycles. The summed E-state index contributed by atoms with van der Waals surface area (Å²) in [4.78, 5) is 2.37. The van der Waals surface area contributed by atoms with Gasteiger partial charge in [-0.25, -0.2) is 0 Å². The Hall–Kier alpha value is -0.940. The van der Waals surface area contributed by atoms with Crippen molar-refractivity contribution in [2.45, 2.75) is 39.4 Å². The van der Waals surface area contributed by atoms with Crippen LogP contribution in [0.5, 0.6) is 0 Å². The first-order valence-corrected chi connectivity index (χ1v) is 5.59. The zero-order valence-corrected chi connectivity index (χ0v) is 9.48. The first-order chi connectivity index (χ1) is 7.26. The second-order valence-corrected chi connectivity index (χ2v) is 4.06. The highest BCUT2D eigenvalue weighted by molar-refractivity contribution is 4.96. The molecule has 15 heavy (non-hydrogen) atoms. The van der Waals surface area contributed by atoms with Crippen molar-refractivity contribution in [1.82, 2.24) is 19.7 Å². The molecule has 1 atom stereocenters. The average molecular weight is 209 g/mol. The molecule has 1 aliphatic rings. The summed E-state index contributed by atoms with van der Waals surface area (Å²) in [6.45, 7) is 7.83. The van der Waals surface area contributed by atoms with Gasteiger partial charge in [-0.05, 0) is 20.3 Å². The van der Waals surface area contributed by atoms with Crippen LogP contribution < -0.4 is 5.73 Å². The fraction of sp³-hybridized carbons (Fsp3) is 0.800. The van der Waals surface area contributed by atoms with Crippen LogP contribution in [0, 0.1) is 6.92 Å². The van der Waals surface area contributed by atoms with Crippen LogP contribution in [-0.4, -0.2) is 38.8 Å². The molecule has 1 aliphatic heterocycles. The van der Waals surface area contributed by atoms with Gasteiger partial charge < -0.3 is 10.3 Å². The number of nitrogens with two attached hydrogens (primary N) is 1. The first kappa shape index (κ1) is 10.6. The van der Waals surface area contributed by atoms with Crippen molar-refractivity contribution in [1.29, 1.82) is 0 Å². The lowest BCUT2D eigenvalue weighted by Crippen LogP contribution is -2.51. The molecule has 1 fully saturated rings. The van der Waals surface area contributed by atoms with Crippen LogP contribution in [-0.2, 0) is 13.1 Å². The third kappa shape index (κ3) is 1.89. The molecule has 0 bridgehead atoms. The van der Waals surface area contributed by atoms with Gasteiger partial charge in [0.1, 0.15) is 11.6 Å². The maximum atomic E-state index is 5.67. The van der Waals surface area contributed by atoms with Gasteiger partial charge in [0.2, 0.25) is 0 Å². The lowest BCUT2D eigenvalue weighted by Gasteiger charge is -2.39. The van der Waals surface area contributed by atoms with E-state index < -0.39 is 0 Å². The van der Waals surface area contributed by atoms with Crippen LogP contribution in [0.4, 0.5) is 0 Å². The minimum atomic E-state index is 0.548. The van der Waals surface area contributed by atoms with Gasteiger partial charge in [-0.1, -0.05) is 0 Å². The highest BCUT2D eigenvalue weighted by atomic mass is 15.3. The molecule has 1 saturated heterocycles. The lowest BCUT2D eigenvalue weighted by molar-refractivity contribution is 0.0836. The molecule has 0 radical (unpaired) electrons. The molecule has 1 aromatic heterocycles. The number of aromatic nitrogens is 3. The maximum absolute atomic E-state index is 5.67. The summed E-state index contributed by atoms with van der Waals surface area (Å²) in [6, 6.07) is 0.548. The zero-order chi connectivity index (χ0) is 10.8. The van der Waals surface area contributed by atoms with Crippen molar-refractivity contribution < 1.29 is 0 Å². The summed E-state index contributed by atoms with van der Waals surface area (Å²) >= 11 is 0. The Kier molecular flexibility index (Phi) is 3.02. The number of aryl methyl sites for hydroxylation is 1. The van der Waals surface area contributed by atoms with Crippen LogP contribution in [0.2, 0.25) is 0 Å². The van der Waals surface area contributed by atoms with E-state index in [1.54, 1.807) is 0 Å². The van der Waals surface area contributed by atoms with Gasteiger partial charge in [0, 0.05) is 25.7 Å². The molecule has 0 saturated carbocycles. The predicted molar refractivity (Wildman–Crippen MR) is 58.3 cm³/mol. The summed E-state index contributed by atoms with van der Waals surface area (Å²) in [5.74, 6) is 2.06. The number of rotatable bonds is 4. The van der Waals surface area contributed by atoms with Crippen molar-refractivity contribution in [3.8, 4) is 0 Å². The molecule has 1 unspecified atom stereocenters. The largest absolute Gasteiger partial charge is 0.329 e. The van der Waals surface area contributed by atoms with E-state index in [2.05, 4.69) is 26.6 Å². The predicted octanol–water partition coefficient (Wildman–Crippen LogP) is 0.139. The number of likely N-dealkylation sites (tertiary alicyclic amines) is 1. The van der Waals surface area contributed by atoms with Gasteiger partial charge >= 0.3 is 0 Å². The van der Waals surface area contributed by atoms with E-state index >= 15 is 0 Å². The molecule has 2 N–H and O–H groups in total. The molecule has 2 heterocycles. The van der Waals surface area contributed by atoms with E-state index in [4.69, 9.17) is 5.73 Å². The summed E-state index contributed by atoms with van der Waals surface area (Å²) < 4.78 is 2.16. The third-order valence-electron chi connectivity index (χ3n) is 3.21. The van der Waals surface area contributed by atoms with E-state index in [0.717, 1.165) is 37.8 Å². The molecular formula is C10H19N5. The Labute approximate surface area is 90.3 Å². The summed E-state index contributed by atoms with van der Waals surface area (Å²) in [7, 11) is 0. The minimum absolute atomic E-state index is 0.548. The second kappa shape index (κ2) is 4.28. The van der Waals surface area contributed by atoms with E-state index in [0.29, 0.717) is 6.04 Å². The fourth-order valence-corrected chi connectivity index (χ4v) is 2.10. The van der Waals surface area contributed by atoms with Gasteiger partial charge in [0.15, 0.2) is 0 Å². The maximum Gasteiger partial charge on any atom is 0.147 e. The van der Waals surface area contributed by atoms with Gasteiger partial charge in [0.05, 0.1) is 6.54 Å². The highest BCUT2D eigenvalue weighted by Gasteiger charge is 2.27. The number of hydrogen-bond acceptors (Lipinski definition) is 4. The first-order valence-electron chi connectivity index (χ1n) is 5.59. The van der Waals surface area contributed by atoms with E-state index in [-0.39, 0.29) is 0 Å². The molecular weight excluding hydrogens is 190 g/mol. The Morgan fingerprint density at radius 1 is 1.47 bits per heavy atom. The Morgan fingerprint density at radius 3 is 2.80 bits per heavy atom. The van der Waals surface area contributed by atoms with E-state index in [1.165, 1.54) is 6.42 Å². The van der Waals surface area contributed by atoms with Crippen molar-refractivity contribution >= 4 is 0 Å². The normalized spacial score (nSPS) is 21.7. The fourth-order valence-electron chi connectivity index (χ4n) is 2.10. The van der Waals surface area contributed by atoms with Gasteiger partial charge in [0.25, 0.3) is 0 Å². The van der Waals surface area contributed by atoms with Gasteiger partial charge in [-0.2, -0.15) is 0 Å². The molecule has 0 amide bonds. The quantitative estimate of drug-likeness (QED) is 0.766. The van der Waals surface area contributed by atoms with Gasteiger partial charge in [-0.3, -0.25) is 4.90 Å². The Balaban J connectivity index is 2.04. The van der Waals surface area contributed by atoms with Crippen LogP contribution in [0.25, 0.3) is 0 Å². The number of nitrogens with zero attached hydrogens (tertiary/aromatic N) is 4. The Bertz CT molecular complexity index is 331. The monoisotopic (exact) mass is 209 g/mol. The summed E-state index contributed by atoms with van der Waals surface area (Å²) in [5, 5.41) is 8.31. The zero-order valence-electron chi connectivity index (χ0n) is 9.48. The van der Waals surface area contributed by atoms with Gasteiger partial charge in [-0.15, -0.1) is 10.2 Å². The second-order valence-electron chi connectivity index (χ2n) is 4.06. The highest BCUT2D eigenvalue weighted by Crippen LogP contribution is 2.18. The topological polar surface area (TPSA) is 60.0 Å². The lowest BCUT2D eigenvalue weighted by atomic mass is 10.0.